The number of aromatic nitrogens is 2. The van der Waals surface area contributed by atoms with Gasteiger partial charge in [0, 0.05) is 18.2 Å². The minimum absolute atomic E-state index is 0.119. The highest BCUT2D eigenvalue weighted by atomic mass is 19.1. The molecule has 0 atom stereocenters. The van der Waals surface area contributed by atoms with E-state index >= 15 is 0 Å². The summed E-state index contributed by atoms with van der Waals surface area (Å²) < 4.78 is 18.6. The van der Waals surface area contributed by atoms with Crippen molar-refractivity contribution in [2.24, 2.45) is 0 Å². The molecule has 2 aromatic rings. The molecule has 0 unspecified atom stereocenters. The van der Waals surface area contributed by atoms with Gasteiger partial charge in [0.1, 0.15) is 5.82 Å². The SMILES string of the molecule is Cc1cc(OCC(=O)NCc2ccccc2F)nnc1C. The normalized spacial score (nSPS) is 10.2. The molecular formula is C15H16FN3O2. The van der Waals surface area contributed by atoms with Gasteiger partial charge >= 0.3 is 0 Å². The molecule has 1 N–H and O–H groups in total. The van der Waals surface area contributed by atoms with Crippen molar-refractivity contribution in [1.29, 1.82) is 0 Å². The lowest BCUT2D eigenvalue weighted by molar-refractivity contribution is -0.123. The lowest BCUT2D eigenvalue weighted by Crippen LogP contribution is -2.28. The number of benzene rings is 1. The number of halogens is 1. The summed E-state index contributed by atoms with van der Waals surface area (Å²) in [4.78, 5) is 11.6. The van der Waals surface area contributed by atoms with Crippen molar-refractivity contribution in [2.45, 2.75) is 20.4 Å². The molecule has 0 fully saturated rings. The molecule has 1 aromatic carbocycles. The number of aryl methyl sites for hydroxylation is 2. The maximum atomic E-state index is 13.4. The van der Waals surface area contributed by atoms with E-state index in [1.54, 1.807) is 24.3 Å². The molecule has 0 bridgehead atoms. The summed E-state index contributed by atoms with van der Waals surface area (Å²) in [6.07, 6.45) is 0. The van der Waals surface area contributed by atoms with Crippen LogP contribution >= 0.6 is 0 Å². The number of rotatable bonds is 5. The highest BCUT2D eigenvalue weighted by molar-refractivity contribution is 5.77. The fourth-order valence-corrected chi connectivity index (χ4v) is 1.62. The van der Waals surface area contributed by atoms with Crippen molar-refractivity contribution >= 4 is 5.91 Å². The number of carbonyl (C=O) groups is 1. The van der Waals surface area contributed by atoms with Crippen LogP contribution in [0.25, 0.3) is 0 Å². The van der Waals surface area contributed by atoms with Crippen LogP contribution in [0.5, 0.6) is 5.88 Å². The van der Waals surface area contributed by atoms with Crippen LogP contribution in [0.1, 0.15) is 16.8 Å². The third-order valence-electron chi connectivity index (χ3n) is 2.99. The molecule has 0 saturated carbocycles. The predicted molar refractivity (Wildman–Crippen MR) is 75.2 cm³/mol. The van der Waals surface area contributed by atoms with E-state index in [1.165, 1.54) is 6.07 Å². The van der Waals surface area contributed by atoms with Gasteiger partial charge in [-0.2, -0.15) is 5.10 Å². The second kappa shape index (κ2) is 6.78. The Morgan fingerprint density at radius 2 is 2.05 bits per heavy atom. The number of amides is 1. The first-order valence-electron chi connectivity index (χ1n) is 6.50. The van der Waals surface area contributed by atoms with Crippen molar-refractivity contribution in [2.75, 3.05) is 6.61 Å². The molecule has 0 spiro atoms. The molecular weight excluding hydrogens is 273 g/mol. The van der Waals surface area contributed by atoms with E-state index in [1.807, 2.05) is 13.8 Å². The van der Waals surface area contributed by atoms with Gasteiger partial charge in [0.15, 0.2) is 6.61 Å². The van der Waals surface area contributed by atoms with E-state index in [0.29, 0.717) is 11.4 Å². The maximum Gasteiger partial charge on any atom is 0.258 e. The Hall–Kier alpha value is -2.50. The van der Waals surface area contributed by atoms with Crippen molar-refractivity contribution in [3.8, 4) is 5.88 Å². The van der Waals surface area contributed by atoms with Crippen LogP contribution in [0.3, 0.4) is 0 Å². The Labute approximate surface area is 122 Å². The Balaban J connectivity index is 1.82. The number of hydrogen-bond donors (Lipinski definition) is 1. The van der Waals surface area contributed by atoms with Gasteiger partial charge in [0.2, 0.25) is 5.88 Å². The fourth-order valence-electron chi connectivity index (χ4n) is 1.62. The van der Waals surface area contributed by atoms with Crippen LogP contribution in [-0.4, -0.2) is 22.7 Å². The Bertz CT molecular complexity index is 647. The molecule has 0 aliphatic rings. The molecule has 21 heavy (non-hydrogen) atoms. The molecule has 1 aromatic heterocycles. The van der Waals surface area contributed by atoms with Crippen LogP contribution in [0, 0.1) is 19.7 Å². The first-order chi connectivity index (χ1) is 10.1. The number of carbonyl (C=O) groups excluding carboxylic acids is 1. The Kier molecular flexibility index (Phi) is 4.81. The predicted octanol–water partition coefficient (Wildman–Crippen LogP) is 1.93. The average Bonchev–Trinajstić information content (AvgIpc) is 2.47. The molecule has 0 radical (unpaired) electrons. The van der Waals surface area contributed by atoms with Crippen molar-refractivity contribution in [1.82, 2.24) is 15.5 Å². The van der Waals surface area contributed by atoms with Gasteiger partial charge in [-0.05, 0) is 25.5 Å². The van der Waals surface area contributed by atoms with E-state index in [4.69, 9.17) is 4.74 Å². The summed E-state index contributed by atoms with van der Waals surface area (Å²) in [7, 11) is 0. The highest BCUT2D eigenvalue weighted by Crippen LogP contribution is 2.10. The zero-order chi connectivity index (χ0) is 15.2. The van der Waals surface area contributed by atoms with Crippen LogP contribution in [-0.2, 0) is 11.3 Å². The summed E-state index contributed by atoms with van der Waals surface area (Å²) >= 11 is 0. The number of ether oxygens (including phenoxy) is 1. The number of hydrogen-bond acceptors (Lipinski definition) is 4. The van der Waals surface area contributed by atoms with Crippen LogP contribution < -0.4 is 10.1 Å². The minimum atomic E-state index is -0.349. The molecule has 0 saturated heterocycles. The second-order valence-corrected chi connectivity index (χ2v) is 4.61. The topological polar surface area (TPSA) is 64.1 Å². The summed E-state index contributed by atoms with van der Waals surface area (Å²) in [5, 5.41) is 10.3. The van der Waals surface area contributed by atoms with Gasteiger partial charge in [-0.25, -0.2) is 4.39 Å². The molecule has 110 valence electrons. The molecule has 1 heterocycles. The maximum absolute atomic E-state index is 13.4. The van der Waals surface area contributed by atoms with E-state index in [9.17, 15) is 9.18 Å². The van der Waals surface area contributed by atoms with Crippen molar-refractivity contribution < 1.29 is 13.9 Å². The van der Waals surface area contributed by atoms with Gasteiger partial charge in [0.25, 0.3) is 5.91 Å². The van der Waals surface area contributed by atoms with Crippen LogP contribution in [0.4, 0.5) is 4.39 Å². The highest BCUT2D eigenvalue weighted by Gasteiger charge is 2.07. The van der Waals surface area contributed by atoms with E-state index in [0.717, 1.165) is 11.3 Å². The first-order valence-corrected chi connectivity index (χ1v) is 6.50. The molecule has 6 heteroatoms. The molecule has 0 aliphatic carbocycles. The standard InChI is InChI=1S/C15H16FN3O2/c1-10-7-15(19-18-11(10)2)21-9-14(20)17-8-12-5-3-4-6-13(12)16/h3-7H,8-9H2,1-2H3,(H,17,20). The summed E-state index contributed by atoms with van der Waals surface area (Å²) in [5.74, 6) is -0.406. The molecule has 1 amide bonds. The third-order valence-corrected chi connectivity index (χ3v) is 2.99. The monoisotopic (exact) mass is 289 g/mol. The smallest absolute Gasteiger partial charge is 0.258 e. The van der Waals surface area contributed by atoms with Crippen molar-refractivity contribution in [3.63, 3.8) is 0 Å². The molecule has 5 nitrogen and oxygen atoms in total. The van der Waals surface area contributed by atoms with Crippen molar-refractivity contribution in [3.05, 3.63) is 53.0 Å². The Morgan fingerprint density at radius 3 is 2.76 bits per heavy atom. The van der Waals surface area contributed by atoms with E-state index in [2.05, 4.69) is 15.5 Å². The summed E-state index contributed by atoms with van der Waals surface area (Å²) in [6, 6.07) is 7.99. The zero-order valence-corrected chi connectivity index (χ0v) is 11.9. The molecule has 0 aliphatic heterocycles. The average molecular weight is 289 g/mol. The van der Waals surface area contributed by atoms with Gasteiger partial charge in [0.05, 0.1) is 5.69 Å². The van der Waals surface area contributed by atoms with Crippen LogP contribution in [0.15, 0.2) is 30.3 Å². The second-order valence-electron chi connectivity index (χ2n) is 4.61. The van der Waals surface area contributed by atoms with E-state index < -0.39 is 0 Å². The molecule has 2 rings (SSSR count). The quantitative estimate of drug-likeness (QED) is 0.913. The Morgan fingerprint density at radius 1 is 1.29 bits per heavy atom. The van der Waals surface area contributed by atoms with Gasteiger partial charge in [-0.1, -0.05) is 18.2 Å². The first kappa shape index (κ1) is 14.9. The van der Waals surface area contributed by atoms with Gasteiger partial charge < -0.3 is 10.1 Å². The lowest BCUT2D eigenvalue weighted by atomic mass is 10.2. The van der Waals surface area contributed by atoms with Crippen LogP contribution in [0.2, 0.25) is 0 Å². The van der Waals surface area contributed by atoms with Gasteiger partial charge in [-0.3, -0.25) is 4.79 Å². The number of nitrogens with zero attached hydrogens (tertiary/aromatic N) is 2. The van der Waals surface area contributed by atoms with E-state index in [-0.39, 0.29) is 24.9 Å². The minimum Gasteiger partial charge on any atom is -0.466 e. The third kappa shape index (κ3) is 4.24. The summed E-state index contributed by atoms with van der Waals surface area (Å²) in [6.45, 7) is 3.65. The number of nitrogens with one attached hydrogen (secondary N) is 1. The summed E-state index contributed by atoms with van der Waals surface area (Å²) in [5.41, 5.74) is 2.18. The lowest BCUT2D eigenvalue weighted by Gasteiger charge is -2.08. The fraction of sp³-hybridized carbons (Fsp3) is 0.267. The van der Waals surface area contributed by atoms with Gasteiger partial charge in [-0.15, -0.1) is 5.10 Å². The largest absolute Gasteiger partial charge is 0.466 e. The zero-order valence-electron chi connectivity index (χ0n) is 11.9.